The molecule has 0 unspecified atom stereocenters. The lowest BCUT2D eigenvalue weighted by atomic mass is 9.73. The van der Waals surface area contributed by atoms with Gasteiger partial charge in [0.25, 0.3) is 0 Å². The largest absolute Gasteiger partial charge is 0.481 e. The van der Waals surface area contributed by atoms with Gasteiger partial charge in [-0.3, -0.25) is 4.79 Å². The van der Waals surface area contributed by atoms with Gasteiger partial charge in [0.1, 0.15) is 0 Å². The fourth-order valence-corrected chi connectivity index (χ4v) is 2.78. The number of allylic oxidation sites excluding steroid dienone is 3. The Morgan fingerprint density at radius 1 is 1.69 bits per heavy atom. The number of rotatable bonds is 3. The van der Waals surface area contributed by atoms with Crippen LogP contribution in [-0.2, 0) is 4.79 Å². The highest BCUT2D eigenvalue weighted by Crippen LogP contribution is 2.54. The van der Waals surface area contributed by atoms with Gasteiger partial charge in [0.15, 0.2) is 0 Å². The maximum Gasteiger partial charge on any atom is 0.310 e. The summed E-state index contributed by atoms with van der Waals surface area (Å²) in [4.78, 5) is 11.2. The van der Waals surface area contributed by atoms with Crippen molar-refractivity contribution in [3.8, 4) is 0 Å². The van der Waals surface area contributed by atoms with Crippen LogP contribution in [0, 0.1) is 17.3 Å². The van der Waals surface area contributed by atoms with Gasteiger partial charge in [-0.1, -0.05) is 18.2 Å². The average Bonchev–Trinajstić information content (AvgIpc) is 2.64. The molecule has 2 aliphatic rings. The topological polar surface area (TPSA) is 37.3 Å². The van der Waals surface area contributed by atoms with Crippen molar-refractivity contribution in [3.63, 3.8) is 0 Å². The molecular formula is C11H14O2. The standard InChI is InChI=1S/C11H14O2/c1-2-5-11(10(12)13)7-8-3-4-9(11)6-8/h2-4,8-9H,1,5-7H2,(H,12,13)/t8-,9+,11+/m1/s1. The van der Waals surface area contributed by atoms with Crippen LogP contribution in [-0.4, -0.2) is 11.1 Å². The van der Waals surface area contributed by atoms with Crippen LogP contribution in [0.4, 0.5) is 0 Å². The second-order valence-corrected chi connectivity index (χ2v) is 4.15. The van der Waals surface area contributed by atoms with Gasteiger partial charge >= 0.3 is 5.97 Å². The maximum atomic E-state index is 11.2. The van der Waals surface area contributed by atoms with Crippen LogP contribution in [0.5, 0.6) is 0 Å². The SMILES string of the molecule is C=CC[C@]1(C(=O)O)C[C@@H]2C=C[C@H]1C2. The van der Waals surface area contributed by atoms with Crippen LogP contribution in [0.15, 0.2) is 24.8 Å². The predicted octanol–water partition coefficient (Wildman–Crippen LogP) is 2.23. The number of aliphatic carboxylic acids is 1. The monoisotopic (exact) mass is 178 g/mol. The molecule has 2 aliphatic carbocycles. The van der Waals surface area contributed by atoms with E-state index in [1.54, 1.807) is 6.08 Å². The van der Waals surface area contributed by atoms with Gasteiger partial charge in [-0.05, 0) is 31.1 Å². The Morgan fingerprint density at radius 3 is 2.85 bits per heavy atom. The molecule has 13 heavy (non-hydrogen) atoms. The van der Waals surface area contributed by atoms with E-state index in [9.17, 15) is 9.90 Å². The summed E-state index contributed by atoms with van der Waals surface area (Å²) in [5.74, 6) is 0.0956. The van der Waals surface area contributed by atoms with Crippen molar-refractivity contribution in [1.82, 2.24) is 0 Å². The van der Waals surface area contributed by atoms with E-state index in [-0.39, 0.29) is 5.92 Å². The molecule has 0 heterocycles. The molecule has 2 bridgehead atoms. The number of hydrogen-bond acceptors (Lipinski definition) is 1. The summed E-state index contributed by atoms with van der Waals surface area (Å²) in [6.07, 6.45) is 8.41. The third-order valence-corrected chi connectivity index (χ3v) is 3.44. The van der Waals surface area contributed by atoms with Crippen molar-refractivity contribution >= 4 is 5.97 Å². The first-order chi connectivity index (χ1) is 6.19. The minimum Gasteiger partial charge on any atom is -0.481 e. The quantitative estimate of drug-likeness (QED) is 0.673. The fraction of sp³-hybridized carbons (Fsp3) is 0.545. The summed E-state index contributed by atoms with van der Waals surface area (Å²) < 4.78 is 0. The van der Waals surface area contributed by atoms with Gasteiger partial charge < -0.3 is 5.11 Å². The molecule has 1 N–H and O–H groups in total. The smallest absolute Gasteiger partial charge is 0.310 e. The van der Waals surface area contributed by atoms with Crippen molar-refractivity contribution in [1.29, 1.82) is 0 Å². The van der Waals surface area contributed by atoms with Crippen LogP contribution < -0.4 is 0 Å². The van der Waals surface area contributed by atoms with Crippen molar-refractivity contribution in [2.24, 2.45) is 17.3 Å². The van der Waals surface area contributed by atoms with Crippen LogP contribution in [0.3, 0.4) is 0 Å². The van der Waals surface area contributed by atoms with E-state index < -0.39 is 11.4 Å². The Bertz CT molecular complexity index is 280. The third-order valence-electron chi connectivity index (χ3n) is 3.44. The van der Waals surface area contributed by atoms with Crippen LogP contribution in [0.2, 0.25) is 0 Å². The first-order valence-corrected chi connectivity index (χ1v) is 4.71. The lowest BCUT2D eigenvalue weighted by Crippen LogP contribution is -2.34. The number of carboxylic acids is 1. The highest BCUT2D eigenvalue weighted by molar-refractivity contribution is 5.76. The normalized spacial score (nSPS) is 40.9. The Hall–Kier alpha value is -1.05. The first kappa shape index (κ1) is 8.54. The molecule has 0 radical (unpaired) electrons. The maximum absolute atomic E-state index is 11.2. The zero-order valence-corrected chi connectivity index (χ0v) is 7.57. The second-order valence-electron chi connectivity index (χ2n) is 4.15. The molecule has 0 saturated heterocycles. The molecule has 0 aromatic carbocycles. The van der Waals surface area contributed by atoms with E-state index in [0.29, 0.717) is 12.3 Å². The lowest BCUT2D eigenvalue weighted by molar-refractivity contribution is -0.150. The highest BCUT2D eigenvalue weighted by Gasteiger charge is 2.52. The Kier molecular flexibility index (Phi) is 1.79. The second kappa shape index (κ2) is 2.72. The first-order valence-electron chi connectivity index (χ1n) is 4.71. The van der Waals surface area contributed by atoms with Crippen molar-refractivity contribution in [3.05, 3.63) is 24.8 Å². The Labute approximate surface area is 78.0 Å². The number of carboxylic acid groups (broad SMARTS) is 1. The number of fused-ring (bicyclic) bond motifs is 2. The summed E-state index contributed by atoms with van der Waals surface area (Å²) in [5, 5.41) is 9.24. The molecule has 0 amide bonds. The van der Waals surface area contributed by atoms with Gasteiger partial charge in [-0.25, -0.2) is 0 Å². The van der Waals surface area contributed by atoms with Crippen molar-refractivity contribution in [2.45, 2.75) is 19.3 Å². The molecule has 70 valence electrons. The lowest BCUT2D eigenvalue weighted by Gasteiger charge is -2.29. The zero-order chi connectivity index (χ0) is 9.47. The molecule has 1 fully saturated rings. The number of carbonyl (C=O) groups is 1. The molecule has 2 heteroatoms. The van der Waals surface area contributed by atoms with Crippen LogP contribution in [0.25, 0.3) is 0 Å². The average molecular weight is 178 g/mol. The molecule has 0 aromatic rings. The van der Waals surface area contributed by atoms with E-state index >= 15 is 0 Å². The van der Waals surface area contributed by atoms with Gasteiger partial charge in [-0.15, -0.1) is 6.58 Å². The van der Waals surface area contributed by atoms with Crippen molar-refractivity contribution in [2.75, 3.05) is 0 Å². The highest BCUT2D eigenvalue weighted by atomic mass is 16.4. The zero-order valence-electron chi connectivity index (χ0n) is 7.57. The Morgan fingerprint density at radius 2 is 2.46 bits per heavy atom. The van der Waals surface area contributed by atoms with Gasteiger partial charge in [0, 0.05) is 0 Å². The minimum atomic E-state index is -0.649. The molecule has 0 aliphatic heterocycles. The molecule has 2 rings (SSSR count). The van der Waals surface area contributed by atoms with Crippen LogP contribution in [0.1, 0.15) is 19.3 Å². The van der Waals surface area contributed by atoms with E-state index in [0.717, 1.165) is 12.8 Å². The fourth-order valence-electron chi connectivity index (χ4n) is 2.78. The predicted molar refractivity (Wildman–Crippen MR) is 50.2 cm³/mol. The Balaban J connectivity index is 2.30. The van der Waals surface area contributed by atoms with E-state index in [2.05, 4.69) is 18.7 Å². The summed E-state index contributed by atoms with van der Waals surface area (Å²) >= 11 is 0. The van der Waals surface area contributed by atoms with E-state index in [1.807, 2.05) is 0 Å². The molecule has 0 aromatic heterocycles. The molecule has 2 nitrogen and oxygen atoms in total. The van der Waals surface area contributed by atoms with Gasteiger partial charge in [-0.2, -0.15) is 0 Å². The number of hydrogen-bond donors (Lipinski definition) is 1. The molecule has 0 spiro atoms. The molecule has 1 saturated carbocycles. The van der Waals surface area contributed by atoms with Gasteiger partial charge in [0.2, 0.25) is 0 Å². The summed E-state index contributed by atoms with van der Waals surface area (Å²) in [7, 11) is 0. The van der Waals surface area contributed by atoms with Crippen LogP contribution >= 0.6 is 0 Å². The van der Waals surface area contributed by atoms with E-state index in [4.69, 9.17) is 0 Å². The summed E-state index contributed by atoms with van der Waals surface area (Å²) in [6, 6.07) is 0. The van der Waals surface area contributed by atoms with Crippen molar-refractivity contribution < 1.29 is 9.90 Å². The summed E-state index contributed by atoms with van der Waals surface area (Å²) in [6.45, 7) is 3.65. The molecular weight excluding hydrogens is 164 g/mol. The minimum absolute atomic E-state index is 0.244. The third kappa shape index (κ3) is 1.05. The summed E-state index contributed by atoms with van der Waals surface area (Å²) in [5.41, 5.74) is -0.527. The van der Waals surface area contributed by atoms with Gasteiger partial charge in [0.05, 0.1) is 5.41 Å². The van der Waals surface area contributed by atoms with E-state index in [1.165, 1.54) is 0 Å². The molecule has 3 atom stereocenters.